The number of alkyl carbamates (subject to hydrolysis) is 1. The van der Waals surface area contributed by atoms with Crippen molar-refractivity contribution in [2.75, 3.05) is 33.0 Å². The molecule has 0 saturated carbocycles. The quantitative estimate of drug-likeness (QED) is 0.0760. The fourth-order valence-corrected chi connectivity index (χ4v) is 7.56. The van der Waals surface area contributed by atoms with Gasteiger partial charge in [-0.1, -0.05) is 54.6 Å². The van der Waals surface area contributed by atoms with Gasteiger partial charge >= 0.3 is 6.09 Å². The third-order valence-electron chi connectivity index (χ3n) is 10.8. The zero-order valence-electron chi connectivity index (χ0n) is 31.0. The largest absolute Gasteiger partial charge is 0.449 e. The smallest absolute Gasteiger partial charge is 0.407 e. The van der Waals surface area contributed by atoms with Gasteiger partial charge in [0.25, 0.3) is 0 Å². The summed E-state index contributed by atoms with van der Waals surface area (Å²) in [5, 5.41) is 117. The first kappa shape index (κ1) is 44.3. The van der Waals surface area contributed by atoms with Crippen LogP contribution in [-0.2, 0) is 33.2 Å². The monoisotopic (exact) mass is 825 g/mol. The Balaban J connectivity index is 1.04. The maximum Gasteiger partial charge on any atom is 0.407 e. The van der Waals surface area contributed by atoms with Crippen LogP contribution in [0.2, 0.25) is 0 Å². The lowest BCUT2D eigenvalue weighted by molar-refractivity contribution is -0.379. The minimum atomic E-state index is -2.00. The van der Waals surface area contributed by atoms with Crippen LogP contribution in [0.5, 0.6) is 0 Å². The number of hydrogen-bond acceptors (Lipinski definition) is 19. The first-order valence-corrected chi connectivity index (χ1v) is 18.7. The van der Waals surface area contributed by atoms with Crippen LogP contribution in [0.1, 0.15) is 17.0 Å². The number of nitrogens with one attached hydrogen (secondary N) is 1. The second kappa shape index (κ2) is 19.4. The molecule has 1 aliphatic carbocycles. The molecule has 2 aromatic carbocycles. The van der Waals surface area contributed by atoms with E-state index < -0.39 is 137 Å². The molecule has 12 N–H and O–H groups in total. The number of aliphatic hydroxyl groups is 11. The van der Waals surface area contributed by atoms with Gasteiger partial charge in [-0.2, -0.15) is 0 Å². The molecule has 20 nitrogen and oxygen atoms in total. The van der Waals surface area contributed by atoms with Gasteiger partial charge in [0.15, 0.2) is 18.9 Å². The molecule has 3 aliphatic heterocycles. The molecule has 1 amide bonds. The van der Waals surface area contributed by atoms with Gasteiger partial charge in [-0.25, -0.2) is 4.79 Å². The van der Waals surface area contributed by atoms with E-state index in [4.69, 9.17) is 33.2 Å². The molecular formula is C38H51NO19. The number of aliphatic hydroxyl groups excluding tert-OH is 11. The molecule has 17 atom stereocenters. The molecule has 0 radical (unpaired) electrons. The first-order valence-electron chi connectivity index (χ1n) is 18.7. The van der Waals surface area contributed by atoms with E-state index in [0.717, 1.165) is 28.3 Å². The van der Waals surface area contributed by atoms with Crippen molar-refractivity contribution in [3.05, 3.63) is 72.3 Å². The summed E-state index contributed by atoms with van der Waals surface area (Å²) in [6, 6.07) is 14.3. The molecular weight excluding hydrogens is 774 g/mol. The van der Waals surface area contributed by atoms with Crippen LogP contribution >= 0.6 is 0 Å². The number of fused-ring (bicyclic) bond motifs is 3. The number of carbonyl (C=O) groups excluding carboxylic acids is 1. The Bertz CT molecular complexity index is 1620. The molecule has 20 heteroatoms. The van der Waals surface area contributed by atoms with Gasteiger partial charge in [0.2, 0.25) is 0 Å². The lowest BCUT2D eigenvalue weighted by Gasteiger charge is -2.48. The van der Waals surface area contributed by atoms with E-state index in [1.54, 1.807) is 0 Å². The van der Waals surface area contributed by atoms with Crippen molar-refractivity contribution in [2.24, 2.45) is 0 Å². The van der Waals surface area contributed by atoms with Crippen LogP contribution in [-0.4, -0.2) is 200 Å². The minimum Gasteiger partial charge on any atom is -0.449 e. The predicted molar refractivity (Wildman–Crippen MR) is 193 cm³/mol. The Labute approximate surface area is 332 Å². The summed E-state index contributed by atoms with van der Waals surface area (Å²) in [6.45, 7) is 0.517. The molecule has 0 bridgehead atoms. The van der Waals surface area contributed by atoms with Gasteiger partial charge in [0.1, 0.15) is 79.9 Å². The van der Waals surface area contributed by atoms with Crippen LogP contribution in [0.4, 0.5) is 4.79 Å². The van der Waals surface area contributed by atoms with Crippen LogP contribution in [0.3, 0.4) is 0 Å². The standard InChI is InChI=1S/C38H51NO19/c1-2-22(43)21(39-38(51)53-14-20-18-9-5-3-7-16(18)17-8-4-6-10-19(17)20)15-52-35-31(49)28(46)33(24(12-41)55-35)58-37-32(50)29(47)34(25(13-42)56-37)57-36-30(48)27(45)26(44)23(11-40)54-36/h2-10,20-37,40-50H,1,11-15H2,(H,39,51)/t21-,22+,23?,24?,25?,26-,27-,28+,29+,30-,31-,32-,33+,34-,35?,36?,37?/m0/s1. The molecule has 3 fully saturated rings. The Morgan fingerprint density at radius 2 is 1.14 bits per heavy atom. The van der Waals surface area contributed by atoms with Crippen molar-refractivity contribution in [1.82, 2.24) is 5.32 Å². The summed E-state index contributed by atoms with van der Waals surface area (Å²) < 4.78 is 39.0. The predicted octanol–water partition coefficient (Wildman–Crippen LogP) is -4.09. The fourth-order valence-electron chi connectivity index (χ4n) is 7.56. The maximum atomic E-state index is 13.0. The Morgan fingerprint density at radius 1 is 0.672 bits per heavy atom. The van der Waals surface area contributed by atoms with E-state index in [2.05, 4.69) is 11.9 Å². The molecule has 3 heterocycles. The highest BCUT2D eigenvalue weighted by molar-refractivity contribution is 5.79. The molecule has 0 aromatic heterocycles. The lowest BCUT2D eigenvalue weighted by atomic mass is 9.96. The molecule has 6 rings (SSSR count). The fraction of sp³-hybridized carbons (Fsp3) is 0.605. The summed E-state index contributed by atoms with van der Waals surface area (Å²) >= 11 is 0. The van der Waals surface area contributed by atoms with Crippen LogP contribution in [0.25, 0.3) is 11.1 Å². The zero-order chi connectivity index (χ0) is 41.8. The van der Waals surface area contributed by atoms with Crippen LogP contribution in [0.15, 0.2) is 61.2 Å². The molecule has 6 unspecified atom stereocenters. The number of amides is 1. The average Bonchev–Trinajstić information content (AvgIpc) is 3.56. The topological polar surface area (TPSA) is 316 Å². The summed E-state index contributed by atoms with van der Waals surface area (Å²) in [5.41, 5.74) is 4.05. The van der Waals surface area contributed by atoms with E-state index >= 15 is 0 Å². The third kappa shape index (κ3) is 9.08. The molecule has 58 heavy (non-hydrogen) atoms. The summed E-state index contributed by atoms with van der Waals surface area (Å²) in [4.78, 5) is 13.0. The van der Waals surface area contributed by atoms with Crippen molar-refractivity contribution in [3.8, 4) is 11.1 Å². The van der Waals surface area contributed by atoms with E-state index in [1.165, 1.54) is 0 Å². The molecule has 322 valence electrons. The summed E-state index contributed by atoms with van der Waals surface area (Å²) in [6.07, 6.45) is -27.2. The maximum absolute atomic E-state index is 13.0. The summed E-state index contributed by atoms with van der Waals surface area (Å²) in [7, 11) is 0. The molecule has 2 aromatic rings. The van der Waals surface area contributed by atoms with Crippen LogP contribution < -0.4 is 5.32 Å². The number of hydrogen-bond donors (Lipinski definition) is 12. The Hall–Kier alpha value is -3.23. The Kier molecular flexibility index (Phi) is 14.9. The van der Waals surface area contributed by atoms with E-state index in [0.29, 0.717) is 0 Å². The number of carbonyl (C=O) groups is 1. The average molecular weight is 826 g/mol. The molecule has 3 saturated heterocycles. The number of benzene rings is 2. The van der Waals surface area contributed by atoms with E-state index in [-0.39, 0.29) is 12.5 Å². The highest BCUT2D eigenvalue weighted by Gasteiger charge is 2.53. The summed E-state index contributed by atoms with van der Waals surface area (Å²) in [5.74, 6) is -0.237. The number of rotatable bonds is 15. The lowest BCUT2D eigenvalue weighted by Crippen LogP contribution is -2.66. The highest BCUT2D eigenvalue weighted by Crippen LogP contribution is 2.44. The van der Waals surface area contributed by atoms with Crippen molar-refractivity contribution >= 4 is 6.09 Å². The molecule has 4 aliphatic rings. The number of ether oxygens (including phenoxy) is 7. The van der Waals surface area contributed by atoms with Crippen molar-refractivity contribution in [2.45, 2.75) is 110 Å². The minimum absolute atomic E-state index is 0.0186. The van der Waals surface area contributed by atoms with Crippen LogP contribution in [0, 0.1) is 0 Å². The highest BCUT2D eigenvalue weighted by atomic mass is 16.8. The van der Waals surface area contributed by atoms with Crippen molar-refractivity contribution < 1.29 is 94.1 Å². The van der Waals surface area contributed by atoms with Gasteiger partial charge in [-0.15, -0.1) is 6.58 Å². The first-order chi connectivity index (χ1) is 27.8. The van der Waals surface area contributed by atoms with E-state index in [1.807, 2.05) is 48.5 Å². The normalized spacial score (nSPS) is 37.3. The van der Waals surface area contributed by atoms with Gasteiger partial charge < -0.3 is 94.6 Å². The van der Waals surface area contributed by atoms with Crippen molar-refractivity contribution in [1.29, 1.82) is 0 Å². The third-order valence-corrected chi connectivity index (χ3v) is 10.8. The van der Waals surface area contributed by atoms with Gasteiger partial charge in [-0.3, -0.25) is 0 Å². The zero-order valence-corrected chi connectivity index (χ0v) is 31.0. The van der Waals surface area contributed by atoms with Gasteiger partial charge in [0.05, 0.1) is 38.6 Å². The second-order valence-electron chi connectivity index (χ2n) is 14.4. The van der Waals surface area contributed by atoms with Gasteiger partial charge in [0, 0.05) is 5.92 Å². The van der Waals surface area contributed by atoms with Gasteiger partial charge in [-0.05, 0) is 22.3 Å². The molecule has 0 spiro atoms. The Morgan fingerprint density at radius 3 is 1.66 bits per heavy atom. The van der Waals surface area contributed by atoms with E-state index in [9.17, 15) is 61.0 Å². The second-order valence-corrected chi connectivity index (χ2v) is 14.4. The van der Waals surface area contributed by atoms with Crippen molar-refractivity contribution in [3.63, 3.8) is 0 Å². The SMILES string of the molecule is C=C[C@@H](O)[C@H](COC1OC(CO)[C@@H](OC2OC(CO)[C@H](OC3OC(CO)[C@H](O)[C@H](O)[C@@H]3O)[C@H](O)[C@@H]2O)[C@H](O)[C@@H]1O)NC(=O)OCC1c2ccccc2-c2ccccc21.